The van der Waals surface area contributed by atoms with Crippen molar-refractivity contribution < 1.29 is 21.2 Å². The average Bonchev–Trinajstić information content (AvgIpc) is 1.72. The molecule has 0 N–H and O–H groups in total. The van der Waals surface area contributed by atoms with E-state index in [2.05, 4.69) is 0 Å². The monoisotopic (exact) mass is 184 g/mol. The van der Waals surface area contributed by atoms with Crippen LogP contribution in [0.2, 0.25) is 0 Å². The predicted octanol–water partition coefficient (Wildman–Crippen LogP) is -4.39. The van der Waals surface area contributed by atoms with Crippen molar-refractivity contribution in [1.29, 1.82) is 0 Å². The first kappa shape index (κ1) is 16.7. The summed E-state index contributed by atoms with van der Waals surface area (Å²) < 4.78 is 8.38. The van der Waals surface area contributed by atoms with E-state index in [1.165, 1.54) is 0 Å². The van der Waals surface area contributed by atoms with Gasteiger partial charge in [0.2, 0.25) is 0 Å². The van der Waals surface area contributed by atoms with Crippen molar-refractivity contribution in [2.24, 2.45) is 0 Å². The van der Waals surface area contributed by atoms with Crippen LogP contribution in [0.3, 0.4) is 0 Å². The minimum atomic E-state index is -2.19. The van der Waals surface area contributed by atoms with Crippen molar-refractivity contribution in [2.75, 3.05) is 0 Å². The summed E-state index contributed by atoms with van der Waals surface area (Å²) in [6.45, 7) is 0. The predicted molar refractivity (Wildman–Crippen MR) is 22.2 cm³/mol. The van der Waals surface area contributed by atoms with E-state index in [9.17, 15) is 0 Å². The Morgan fingerprint density at radius 2 is 1.11 bits per heavy atom. The van der Waals surface area contributed by atoms with E-state index in [1.807, 2.05) is 0 Å². The molecule has 0 heterocycles. The zero-order valence-electron chi connectivity index (χ0n) is 4.46. The van der Waals surface area contributed by atoms with Crippen molar-refractivity contribution in [2.45, 2.75) is 0 Å². The van der Waals surface area contributed by atoms with Gasteiger partial charge in [-0.3, -0.25) is 0 Å². The Hall–Kier alpha value is 1.26. The van der Waals surface area contributed by atoms with Gasteiger partial charge in [-0.2, -0.15) is 0 Å². The van der Waals surface area contributed by atoms with Crippen LogP contribution in [-0.4, -0.2) is 85.6 Å². The number of carbonyl (C=O) groups excluding carboxylic acids is 2. The number of carboxylic acid groups (broad SMARTS) is 2. The van der Waals surface area contributed by atoms with E-state index in [0.717, 1.165) is 0 Å². The van der Waals surface area contributed by atoms with Crippen LogP contribution < -0.4 is 10.2 Å². The topological polar surface area (TPSA) is 97.3 Å². The molecule has 0 fully saturated rings. The molecule has 0 rings (SSSR count). The molecule has 0 atom stereocenters. The maximum absolute atomic E-state index is 8.93. The molecule has 42 valence electrons. The maximum atomic E-state index is 8.93. The van der Waals surface area contributed by atoms with Crippen LogP contribution in [0.15, 0.2) is 0 Å². The summed E-state index contributed by atoms with van der Waals surface area (Å²) in [5, 5.41) is 17.9. The number of carbonyl (C=O) groups is 2. The molecular formula is C2Ca2O5. The fourth-order valence-corrected chi connectivity index (χ4v) is 0. The van der Waals surface area contributed by atoms with Crippen LogP contribution >= 0.6 is 0 Å². The number of aliphatic carboxylic acids is 2. The molecule has 0 unspecified atom stereocenters. The van der Waals surface area contributed by atoms with Crippen LogP contribution in [0.25, 0.3) is 0 Å². The molecule has 5 nitrogen and oxygen atoms in total. The molecule has 0 saturated carbocycles. The molecular weight excluding hydrogens is 184 g/mol. The van der Waals surface area contributed by atoms with Crippen LogP contribution in [0.5, 0.6) is 0 Å². The first-order chi connectivity index (χ1) is 3.64. The van der Waals surface area contributed by atoms with E-state index >= 15 is 0 Å². The second kappa shape index (κ2) is 12.0. The van der Waals surface area contributed by atoms with E-state index in [1.54, 1.807) is 0 Å². The third-order valence-electron chi connectivity index (χ3n) is 0.167. The number of carboxylic acids is 2. The van der Waals surface area contributed by atoms with E-state index in [0.29, 0.717) is 0 Å². The summed E-state index contributed by atoms with van der Waals surface area (Å²) >= 11 is 0.125. The van der Waals surface area contributed by atoms with Crippen LogP contribution in [0, 0.1) is 0 Å². The summed E-state index contributed by atoms with van der Waals surface area (Å²) in [6, 6.07) is 0. The van der Waals surface area contributed by atoms with Crippen molar-refractivity contribution >= 4 is 85.6 Å². The van der Waals surface area contributed by atoms with Gasteiger partial charge in [0.1, 0.15) is 0 Å². The normalized spacial score (nSPS) is 5.56. The zero-order valence-corrected chi connectivity index (χ0v) is 8.87. The van der Waals surface area contributed by atoms with Gasteiger partial charge in [0.05, 0.1) is 11.9 Å². The Kier molecular flexibility index (Phi) is 22.2. The van der Waals surface area contributed by atoms with E-state index in [-0.39, 0.29) is 73.6 Å². The van der Waals surface area contributed by atoms with Gasteiger partial charge < -0.3 is 19.8 Å². The number of rotatable bonds is 0. The summed E-state index contributed by atoms with van der Waals surface area (Å²) in [7, 11) is 0. The molecule has 0 saturated heterocycles. The van der Waals surface area contributed by atoms with Crippen LogP contribution in [-0.2, 0) is 11.0 Å². The second-order valence-electron chi connectivity index (χ2n) is 0.575. The molecule has 7 heteroatoms. The van der Waals surface area contributed by atoms with Gasteiger partial charge in [-0.15, -0.1) is 0 Å². The fraction of sp³-hybridized carbons (Fsp3) is 0. The van der Waals surface area contributed by atoms with Gasteiger partial charge >= 0.3 is 75.1 Å². The molecule has 0 aromatic rings. The molecule has 0 aliphatic rings. The standard InChI is InChI=1S/C2H2O4.2Ca.O/c3-1(4)2(5)6;;;/h(H,3,4)(H,5,6);;;/q;;+2;/p-2. The summed E-state index contributed by atoms with van der Waals surface area (Å²) in [4.78, 5) is 17.9. The summed E-state index contributed by atoms with van der Waals surface area (Å²) in [6.07, 6.45) is 0. The van der Waals surface area contributed by atoms with Crippen molar-refractivity contribution in [1.82, 2.24) is 0 Å². The number of hydrogen-bond acceptors (Lipinski definition) is 5. The molecule has 0 amide bonds. The Labute approximate surface area is 105 Å². The third kappa shape index (κ3) is 17.6. The molecule has 0 aliphatic carbocycles. The minimum absolute atomic E-state index is 0. The van der Waals surface area contributed by atoms with Crippen molar-refractivity contribution in [3.63, 3.8) is 0 Å². The Morgan fingerprint density at radius 3 is 1.11 bits per heavy atom. The molecule has 0 bridgehead atoms. The fourth-order valence-electron chi connectivity index (χ4n) is 0. The van der Waals surface area contributed by atoms with Gasteiger partial charge in [-0.25, -0.2) is 0 Å². The number of hydrogen-bond donors (Lipinski definition) is 0. The second-order valence-corrected chi connectivity index (χ2v) is 0.575. The molecule has 0 radical (unpaired) electrons. The van der Waals surface area contributed by atoms with Gasteiger partial charge in [0.25, 0.3) is 0 Å². The van der Waals surface area contributed by atoms with E-state index < -0.39 is 11.9 Å². The Morgan fingerprint density at radius 1 is 1.00 bits per heavy atom. The average molecular weight is 184 g/mol. The van der Waals surface area contributed by atoms with Gasteiger partial charge in [0.15, 0.2) is 0 Å². The van der Waals surface area contributed by atoms with Gasteiger partial charge in [-0.1, -0.05) is 0 Å². The van der Waals surface area contributed by atoms with Crippen LogP contribution in [0.4, 0.5) is 0 Å². The Balaban J connectivity index is -0.000000109. The van der Waals surface area contributed by atoms with Gasteiger partial charge in [-0.05, 0) is 0 Å². The SMILES string of the molecule is O=C([O-])C(=O)[O-].[Ca+2].[O]=[Ca]. The van der Waals surface area contributed by atoms with Crippen LogP contribution in [0.1, 0.15) is 0 Å². The third-order valence-corrected chi connectivity index (χ3v) is 0.167. The van der Waals surface area contributed by atoms with Gasteiger partial charge in [0, 0.05) is 0 Å². The quantitative estimate of drug-likeness (QED) is 0.280. The molecule has 0 aromatic heterocycles. The summed E-state index contributed by atoms with van der Waals surface area (Å²) in [5.74, 6) is -4.37. The molecule has 0 aromatic carbocycles. The van der Waals surface area contributed by atoms with Crippen molar-refractivity contribution in [3.8, 4) is 0 Å². The molecule has 0 spiro atoms. The molecule has 9 heavy (non-hydrogen) atoms. The van der Waals surface area contributed by atoms with E-state index in [4.69, 9.17) is 21.2 Å². The Bertz CT molecular complexity index is 89.1. The van der Waals surface area contributed by atoms with Crippen molar-refractivity contribution in [3.05, 3.63) is 0 Å². The zero-order chi connectivity index (χ0) is 7.15. The first-order valence-electron chi connectivity index (χ1n) is 1.36. The molecule has 0 aliphatic heterocycles. The summed E-state index contributed by atoms with van der Waals surface area (Å²) in [5.41, 5.74) is 0. The first-order valence-corrected chi connectivity index (χ1v) is 2.26.